The van der Waals surface area contributed by atoms with E-state index in [0.717, 1.165) is 43.8 Å². The molecule has 0 fully saturated rings. The van der Waals surface area contributed by atoms with Crippen molar-refractivity contribution in [3.63, 3.8) is 0 Å². The molecule has 1 aliphatic heterocycles. The van der Waals surface area contributed by atoms with Crippen molar-refractivity contribution in [2.45, 2.75) is 45.7 Å². The topological polar surface area (TPSA) is 56.7 Å². The summed E-state index contributed by atoms with van der Waals surface area (Å²) >= 11 is 0. The minimum absolute atomic E-state index is 0.315. The van der Waals surface area contributed by atoms with Gasteiger partial charge >= 0.3 is 0 Å². The largest absolute Gasteiger partial charge is 0.494 e. The number of fused-ring (bicyclic) bond motifs is 2. The number of hydrogen-bond donors (Lipinski definition) is 0. The van der Waals surface area contributed by atoms with E-state index in [1.807, 2.05) is 25.3 Å². The number of aryl methyl sites for hydroxylation is 1. The van der Waals surface area contributed by atoms with Gasteiger partial charge in [-0.25, -0.2) is 4.98 Å². The van der Waals surface area contributed by atoms with Crippen LogP contribution in [-0.2, 0) is 17.7 Å². The first kappa shape index (κ1) is 20.6. The van der Waals surface area contributed by atoms with Crippen LogP contribution in [-0.4, -0.2) is 53.9 Å². The predicted octanol–water partition coefficient (Wildman–Crippen LogP) is 3.50. The first-order valence-corrected chi connectivity index (χ1v) is 10.2. The van der Waals surface area contributed by atoms with Crippen molar-refractivity contribution in [2.24, 2.45) is 0 Å². The molecule has 2 heterocycles. The highest BCUT2D eigenvalue weighted by atomic mass is 16.5. The molecule has 0 amide bonds. The van der Waals surface area contributed by atoms with Crippen molar-refractivity contribution in [2.75, 3.05) is 33.0 Å². The lowest BCUT2D eigenvalue weighted by atomic mass is 10.1. The Morgan fingerprint density at radius 3 is 2.96 bits per heavy atom. The number of benzene rings is 1. The standard InChI is InChI=1S/C22H31N3O3/c1-3-27-21-10-5-4-8-19(21)16-25-11-7-6-9-20-14-23-15-22(24-20)28-13-12-26-17-18(25)2/h4-5,8,10,14-15,18H,3,6-7,9,11-13,16-17H2,1-2H3/t18-/m0/s1. The summed E-state index contributed by atoms with van der Waals surface area (Å²) in [5, 5.41) is 0. The van der Waals surface area contributed by atoms with Gasteiger partial charge in [0.25, 0.3) is 0 Å². The maximum Gasteiger partial charge on any atom is 0.232 e. The Labute approximate surface area is 167 Å². The van der Waals surface area contributed by atoms with Crippen molar-refractivity contribution < 1.29 is 14.2 Å². The Kier molecular flexibility index (Phi) is 8.06. The summed E-state index contributed by atoms with van der Waals surface area (Å²) in [5.74, 6) is 1.55. The molecule has 2 bridgehead atoms. The van der Waals surface area contributed by atoms with E-state index in [-0.39, 0.29) is 0 Å². The zero-order valence-electron chi connectivity index (χ0n) is 17.0. The molecule has 1 aromatic heterocycles. The summed E-state index contributed by atoms with van der Waals surface area (Å²) in [7, 11) is 0. The van der Waals surface area contributed by atoms with E-state index in [2.05, 4.69) is 33.9 Å². The van der Waals surface area contributed by atoms with Crippen molar-refractivity contribution in [3.05, 3.63) is 47.9 Å². The van der Waals surface area contributed by atoms with E-state index in [0.29, 0.717) is 38.3 Å². The van der Waals surface area contributed by atoms with Gasteiger partial charge in [0, 0.05) is 24.3 Å². The Morgan fingerprint density at radius 2 is 2.07 bits per heavy atom. The molecule has 0 unspecified atom stereocenters. The van der Waals surface area contributed by atoms with Crippen LogP contribution in [0.4, 0.5) is 0 Å². The second kappa shape index (κ2) is 11.0. The Balaban J connectivity index is 1.67. The Bertz CT molecular complexity index is 726. The van der Waals surface area contributed by atoms with Gasteiger partial charge in [-0.05, 0) is 45.7 Å². The zero-order chi connectivity index (χ0) is 19.6. The smallest absolute Gasteiger partial charge is 0.232 e. The second-order valence-electron chi connectivity index (χ2n) is 7.09. The van der Waals surface area contributed by atoms with Gasteiger partial charge in [-0.15, -0.1) is 0 Å². The van der Waals surface area contributed by atoms with Crippen LogP contribution in [0.25, 0.3) is 0 Å². The molecule has 1 aliphatic rings. The molecule has 0 radical (unpaired) electrons. The van der Waals surface area contributed by atoms with E-state index in [9.17, 15) is 0 Å². The van der Waals surface area contributed by atoms with Gasteiger partial charge in [0.15, 0.2) is 0 Å². The van der Waals surface area contributed by atoms with Crippen LogP contribution in [0.15, 0.2) is 36.7 Å². The quantitative estimate of drug-likeness (QED) is 0.803. The number of aromatic nitrogens is 2. The van der Waals surface area contributed by atoms with Crippen LogP contribution < -0.4 is 9.47 Å². The van der Waals surface area contributed by atoms with Crippen LogP contribution >= 0.6 is 0 Å². The monoisotopic (exact) mass is 385 g/mol. The van der Waals surface area contributed by atoms with Gasteiger partial charge in [-0.1, -0.05) is 18.2 Å². The summed E-state index contributed by atoms with van der Waals surface area (Å²) in [4.78, 5) is 11.2. The molecule has 0 N–H and O–H groups in total. The number of ether oxygens (including phenoxy) is 3. The molecule has 1 aromatic carbocycles. The lowest BCUT2D eigenvalue weighted by Crippen LogP contribution is -2.37. The van der Waals surface area contributed by atoms with Gasteiger partial charge in [-0.3, -0.25) is 9.88 Å². The molecule has 6 nitrogen and oxygen atoms in total. The van der Waals surface area contributed by atoms with Crippen LogP contribution in [0.2, 0.25) is 0 Å². The molecule has 0 aliphatic carbocycles. The number of hydrogen-bond acceptors (Lipinski definition) is 6. The molecule has 0 saturated carbocycles. The average Bonchev–Trinajstić information content (AvgIpc) is 2.71. The average molecular weight is 386 g/mol. The fraction of sp³-hybridized carbons (Fsp3) is 0.545. The molecule has 0 saturated heterocycles. The van der Waals surface area contributed by atoms with Crippen LogP contribution in [0.5, 0.6) is 11.6 Å². The van der Waals surface area contributed by atoms with E-state index >= 15 is 0 Å². The summed E-state index contributed by atoms with van der Waals surface area (Å²) in [6.07, 6.45) is 6.56. The minimum Gasteiger partial charge on any atom is -0.494 e. The number of rotatable bonds is 4. The third kappa shape index (κ3) is 6.17. The van der Waals surface area contributed by atoms with Crippen LogP contribution in [0, 0.1) is 0 Å². The summed E-state index contributed by atoms with van der Waals surface area (Å²) in [6, 6.07) is 8.62. The maximum absolute atomic E-state index is 5.86. The fourth-order valence-corrected chi connectivity index (χ4v) is 3.37. The predicted molar refractivity (Wildman–Crippen MR) is 109 cm³/mol. The highest BCUT2D eigenvalue weighted by molar-refractivity contribution is 5.33. The van der Waals surface area contributed by atoms with E-state index in [4.69, 9.17) is 14.2 Å². The van der Waals surface area contributed by atoms with Crippen molar-refractivity contribution in [1.29, 1.82) is 0 Å². The normalized spacial score (nSPS) is 19.4. The lowest BCUT2D eigenvalue weighted by molar-refractivity contribution is 0.0452. The first-order valence-electron chi connectivity index (χ1n) is 10.2. The van der Waals surface area contributed by atoms with Gasteiger partial charge in [0.2, 0.25) is 5.88 Å². The molecule has 152 valence electrons. The fourth-order valence-electron chi connectivity index (χ4n) is 3.37. The first-order chi connectivity index (χ1) is 13.8. The number of nitrogens with zero attached hydrogens (tertiary/aromatic N) is 3. The van der Waals surface area contributed by atoms with Gasteiger partial charge in [-0.2, -0.15) is 0 Å². The molecular formula is C22H31N3O3. The summed E-state index contributed by atoms with van der Waals surface area (Å²) in [5.41, 5.74) is 2.20. The Hall–Kier alpha value is -2.18. The Morgan fingerprint density at radius 1 is 1.18 bits per heavy atom. The maximum atomic E-state index is 5.86. The highest BCUT2D eigenvalue weighted by Gasteiger charge is 2.17. The molecule has 28 heavy (non-hydrogen) atoms. The van der Waals surface area contributed by atoms with E-state index < -0.39 is 0 Å². The third-order valence-corrected chi connectivity index (χ3v) is 4.90. The molecule has 3 rings (SSSR count). The zero-order valence-corrected chi connectivity index (χ0v) is 17.0. The van der Waals surface area contributed by atoms with Crippen molar-refractivity contribution in [1.82, 2.24) is 14.9 Å². The summed E-state index contributed by atoms with van der Waals surface area (Å²) < 4.78 is 17.3. The van der Waals surface area contributed by atoms with E-state index in [1.165, 1.54) is 5.56 Å². The van der Waals surface area contributed by atoms with Gasteiger partial charge in [0.05, 0.1) is 31.7 Å². The summed E-state index contributed by atoms with van der Waals surface area (Å²) in [6.45, 7) is 8.49. The van der Waals surface area contributed by atoms with E-state index in [1.54, 1.807) is 6.20 Å². The molecular weight excluding hydrogens is 354 g/mol. The SMILES string of the molecule is CCOc1ccccc1CN1CCCCc2cncc(n2)OCCOC[C@@H]1C. The van der Waals surface area contributed by atoms with Crippen molar-refractivity contribution in [3.8, 4) is 11.6 Å². The molecule has 2 aromatic rings. The highest BCUT2D eigenvalue weighted by Crippen LogP contribution is 2.21. The third-order valence-electron chi connectivity index (χ3n) is 4.90. The number of para-hydroxylation sites is 1. The lowest BCUT2D eigenvalue weighted by Gasteiger charge is -2.30. The van der Waals surface area contributed by atoms with Gasteiger partial charge in [0.1, 0.15) is 12.4 Å². The van der Waals surface area contributed by atoms with Gasteiger partial charge < -0.3 is 14.2 Å². The molecule has 6 heteroatoms. The second-order valence-corrected chi connectivity index (χ2v) is 7.09. The minimum atomic E-state index is 0.315. The van der Waals surface area contributed by atoms with Crippen molar-refractivity contribution >= 4 is 0 Å². The molecule has 0 spiro atoms. The van der Waals surface area contributed by atoms with Crippen LogP contribution in [0.1, 0.15) is 37.9 Å². The molecule has 1 atom stereocenters. The van der Waals surface area contributed by atoms with Crippen LogP contribution in [0.3, 0.4) is 0 Å².